The molecule has 24 heavy (non-hydrogen) atoms. The zero-order chi connectivity index (χ0) is 16.9. The number of β-lactam (4-membered cyclic amide) rings is 1. The zero-order valence-corrected chi connectivity index (χ0v) is 12.8. The molecule has 1 saturated heterocycles. The van der Waals surface area contributed by atoms with Crippen LogP contribution in [0.4, 0.5) is 0 Å². The molecule has 1 heterocycles. The van der Waals surface area contributed by atoms with Crippen molar-refractivity contribution in [2.45, 2.75) is 12.5 Å². The summed E-state index contributed by atoms with van der Waals surface area (Å²) in [5, 5.41) is 3.60. The van der Waals surface area contributed by atoms with Crippen molar-refractivity contribution >= 4 is 17.8 Å². The largest absolute Gasteiger partial charge is 0.363 e. The summed E-state index contributed by atoms with van der Waals surface area (Å²) < 4.78 is 0. The van der Waals surface area contributed by atoms with E-state index in [1.54, 1.807) is 30.3 Å². The molecule has 0 radical (unpaired) electrons. The second kappa shape index (κ2) is 6.95. The molecule has 2 aromatic carbocycles. The highest BCUT2D eigenvalue weighted by molar-refractivity contribution is 5.95. The van der Waals surface area contributed by atoms with Crippen LogP contribution in [0.5, 0.6) is 0 Å². The van der Waals surface area contributed by atoms with Crippen molar-refractivity contribution in [3.8, 4) is 0 Å². The van der Waals surface area contributed by atoms with Crippen molar-refractivity contribution in [2.24, 2.45) is 0 Å². The topological polar surface area (TPSA) is 75.7 Å². The maximum atomic E-state index is 12.0. The highest BCUT2D eigenvalue weighted by Gasteiger charge is 2.41. The van der Waals surface area contributed by atoms with Crippen molar-refractivity contribution < 1.29 is 19.2 Å². The van der Waals surface area contributed by atoms with Gasteiger partial charge in [0.2, 0.25) is 5.91 Å². The number of hydrogen-bond donors (Lipinski definition) is 1. The van der Waals surface area contributed by atoms with Crippen molar-refractivity contribution in [1.29, 1.82) is 0 Å². The first-order valence-electron chi connectivity index (χ1n) is 7.55. The Kier molecular flexibility index (Phi) is 4.56. The van der Waals surface area contributed by atoms with Gasteiger partial charge in [0.15, 0.2) is 0 Å². The summed E-state index contributed by atoms with van der Waals surface area (Å²) in [6, 6.07) is 17.0. The number of carbonyl (C=O) groups is 3. The molecule has 2 amide bonds. The summed E-state index contributed by atoms with van der Waals surface area (Å²) in [7, 11) is 0. The summed E-state index contributed by atoms with van der Waals surface area (Å²) in [4.78, 5) is 40.7. The van der Waals surface area contributed by atoms with E-state index in [2.05, 4.69) is 5.32 Å². The number of carbonyl (C=O) groups excluding carboxylic acids is 3. The molecule has 0 aliphatic carbocycles. The van der Waals surface area contributed by atoms with E-state index in [9.17, 15) is 14.4 Å². The van der Waals surface area contributed by atoms with Crippen LogP contribution in [-0.4, -0.2) is 35.4 Å². The standard InChI is InChI=1S/C18H16N2O4/c21-16(11-13-7-3-1-4-8-13)19-15-12-20(17(15)22)24-18(23)14-9-5-2-6-10-14/h1-10,15H,11-12H2,(H,19,21). The molecule has 0 saturated carbocycles. The van der Waals surface area contributed by atoms with E-state index in [4.69, 9.17) is 4.84 Å². The summed E-state index contributed by atoms with van der Waals surface area (Å²) in [5.41, 5.74) is 1.23. The van der Waals surface area contributed by atoms with Crippen molar-refractivity contribution in [1.82, 2.24) is 10.4 Å². The molecule has 0 bridgehead atoms. The SMILES string of the molecule is O=C(Cc1ccccc1)NC1CN(OC(=O)c2ccccc2)C1=O. The maximum absolute atomic E-state index is 12.0. The van der Waals surface area contributed by atoms with Crippen molar-refractivity contribution in [2.75, 3.05) is 6.54 Å². The van der Waals surface area contributed by atoms with Gasteiger partial charge in [-0.3, -0.25) is 9.59 Å². The van der Waals surface area contributed by atoms with Gasteiger partial charge in [-0.25, -0.2) is 4.79 Å². The number of benzene rings is 2. The quantitative estimate of drug-likeness (QED) is 0.842. The number of hydrogen-bond acceptors (Lipinski definition) is 4. The third-order valence-electron chi connectivity index (χ3n) is 3.64. The van der Waals surface area contributed by atoms with Gasteiger partial charge < -0.3 is 10.2 Å². The molecular formula is C18H16N2O4. The predicted octanol–water partition coefficient (Wildman–Crippen LogP) is 1.33. The van der Waals surface area contributed by atoms with Gasteiger partial charge in [0.05, 0.1) is 18.5 Å². The van der Waals surface area contributed by atoms with Crippen LogP contribution in [-0.2, 0) is 20.8 Å². The fraction of sp³-hybridized carbons (Fsp3) is 0.167. The minimum absolute atomic E-state index is 0.151. The molecule has 1 fully saturated rings. The number of rotatable bonds is 5. The van der Waals surface area contributed by atoms with E-state index >= 15 is 0 Å². The second-order valence-corrected chi connectivity index (χ2v) is 5.43. The Morgan fingerprint density at radius 3 is 2.29 bits per heavy atom. The van der Waals surface area contributed by atoms with E-state index < -0.39 is 17.9 Å². The molecule has 1 aliphatic rings. The van der Waals surface area contributed by atoms with Gasteiger partial charge in [-0.05, 0) is 17.7 Å². The Balaban J connectivity index is 1.47. The third-order valence-corrected chi connectivity index (χ3v) is 3.64. The van der Waals surface area contributed by atoms with E-state index in [1.807, 2.05) is 30.3 Å². The Hall–Kier alpha value is -3.15. The average Bonchev–Trinajstić information content (AvgIpc) is 2.62. The molecule has 0 spiro atoms. The summed E-state index contributed by atoms with van der Waals surface area (Å²) in [5.74, 6) is -1.27. The normalized spacial score (nSPS) is 16.2. The van der Waals surface area contributed by atoms with Crippen LogP contribution in [0.25, 0.3) is 0 Å². The molecule has 0 aromatic heterocycles. The van der Waals surface area contributed by atoms with Gasteiger partial charge in [0.25, 0.3) is 5.91 Å². The van der Waals surface area contributed by atoms with Crippen LogP contribution >= 0.6 is 0 Å². The van der Waals surface area contributed by atoms with E-state index in [1.165, 1.54) is 0 Å². The van der Waals surface area contributed by atoms with Crippen molar-refractivity contribution in [3.05, 3.63) is 71.8 Å². The monoisotopic (exact) mass is 324 g/mol. The van der Waals surface area contributed by atoms with Gasteiger partial charge >= 0.3 is 5.97 Å². The minimum Gasteiger partial charge on any atom is -0.342 e. The highest BCUT2D eigenvalue weighted by Crippen LogP contribution is 2.13. The zero-order valence-electron chi connectivity index (χ0n) is 12.8. The van der Waals surface area contributed by atoms with Crippen molar-refractivity contribution in [3.63, 3.8) is 0 Å². The smallest absolute Gasteiger partial charge is 0.342 e. The van der Waals surface area contributed by atoms with Crippen LogP contribution < -0.4 is 5.32 Å². The van der Waals surface area contributed by atoms with Crippen LogP contribution in [0.15, 0.2) is 60.7 Å². The minimum atomic E-state index is -0.648. The Bertz CT molecular complexity index is 746. The number of hydroxylamine groups is 2. The Morgan fingerprint density at radius 2 is 1.67 bits per heavy atom. The van der Waals surface area contributed by atoms with Gasteiger partial charge in [0, 0.05) is 0 Å². The molecule has 1 N–H and O–H groups in total. The molecule has 1 unspecified atom stereocenters. The van der Waals surface area contributed by atoms with Gasteiger partial charge in [-0.1, -0.05) is 48.5 Å². The first-order valence-corrected chi connectivity index (χ1v) is 7.55. The van der Waals surface area contributed by atoms with Gasteiger partial charge in [0.1, 0.15) is 6.04 Å². The molecule has 2 aromatic rings. The molecule has 1 atom stereocenters. The second-order valence-electron chi connectivity index (χ2n) is 5.43. The molecule has 3 rings (SSSR count). The Labute approximate surface area is 139 Å². The molecule has 6 nitrogen and oxygen atoms in total. The maximum Gasteiger partial charge on any atom is 0.363 e. The number of nitrogens with one attached hydrogen (secondary N) is 1. The lowest BCUT2D eigenvalue weighted by molar-refractivity contribution is -0.192. The lowest BCUT2D eigenvalue weighted by Gasteiger charge is -2.36. The fourth-order valence-corrected chi connectivity index (χ4v) is 2.34. The average molecular weight is 324 g/mol. The lowest BCUT2D eigenvalue weighted by Crippen LogP contribution is -2.64. The van der Waals surface area contributed by atoms with E-state index in [0.717, 1.165) is 10.6 Å². The first kappa shape index (κ1) is 15.7. The number of amides is 2. The van der Waals surface area contributed by atoms with Gasteiger partial charge in [-0.15, -0.1) is 0 Å². The summed E-state index contributed by atoms with van der Waals surface area (Å²) >= 11 is 0. The molecule has 122 valence electrons. The fourth-order valence-electron chi connectivity index (χ4n) is 2.34. The predicted molar refractivity (Wildman–Crippen MR) is 85.6 cm³/mol. The molecule has 1 aliphatic heterocycles. The summed E-state index contributed by atoms with van der Waals surface area (Å²) in [6.07, 6.45) is 0.203. The third kappa shape index (κ3) is 3.60. The van der Waals surface area contributed by atoms with Crippen LogP contribution in [0.1, 0.15) is 15.9 Å². The van der Waals surface area contributed by atoms with E-state index in [0.29, 0.717) is 5.56 Å². The van der Waals surface area contributed by atoms with Crippen LogP contribution in [0, 0.1) is 0 Å². The molecule has 6 heteroatoms. The highest BCUT2D eigenvalue weighted by atomic mass is 16.7. The summed E-state index contributed by atoms with van der Waals surface area (Å²) in [6.45, 7) is 0.151. The molecular weight excluding hydrogens is 308 g/mol. The number of nitrogens with zero attached hydrogens (tertiary/aromatic N) is 1. The van der Waals surface area contributed by atoms with Crippen LogP contribution in [0.2, 0.25) is 0 Å². The van der Waals surface area contributed by atoms with Crippen LogP contribution in [0.3, 0.4) is 0 Å². The lowest BCUT2D eigenvalue weighted by atomic mass is 10.1. The van der Waals surface area contributed by atoms with E-state index in [-0.39, 0.29) is 18.9 Å². The van der Waals surface area contributed by atoms with Gasteiger partial charge in [-0.2, -0.15) is 5.06 Å². The Morgan fingerprint density at radius 1 is 1.04 bits per heavy atom. The first-order chi connectivity index (χ1) is 11.6.